The number of benzene rings is 2. The lowest BCUT2D eigenvalue weighted by Crippen LogP contribution is -2.40. The summed E-state index contributed by atoms with van der Waals surface area (Å²) in [5.74, 6) is -0.500. The van der Waals surface area contributed by atoms with E-state index in [1.165, 1.54) is 26.8 Å². The van der Waals surface area contributed by atoms with Crippen LogP contribution in [0.15, 0.2) is 52.3 Å². The van der Waals surface area contributed by atoms with E-state index in [4.69, 9.17) is 4.74 Å². The summed E-state index contributed by atoms with van der Waals surface area (Å²) >= 11 is 0. The molecule has 37 heavy (non-hydrogen) atoms. The van der Waals surface area contributed by atoms with Crippen LogP contribution < -0.4 is 10.2 Å². The minimum atomic E-state index is -3.76. The molecule has 3 saturated heterocycles. The summed E-state index contributed by atoms with van der Waals surface area (Å²) in [5, 5.41) is 2.87. The standard InChI is InChI=1S/C25H32N4O6S2/c30-25(20-6-5-7-21(18-20)36(31,32)28-12-3-4-13-28)26-23-19-22(8-9-24(23)27-10-1-2-11-27)37(33,34)29-14-16-35-17-15-29/h5-9,18-19H,1-4,10-17H2,(H,26,30). The summed E-state index contributed by atoms with van der Waals surface area (Å²) < 4.78 is 60.7. The van der Waals surface area contributed by atoms with Gasteiger partial charge in [0.2, 0.25) is 20.0 Å². The van der Waals surface area contributed by atoms with Crippen LogP contribution in [-0.4, -0.2) is 83.8 Å². The molecule has 3 heterocycles. The van der Waals surface area contributed by atoms with E-state index in [1.807, 2.05) is 0 Å². The highest BCUT2D eigenvalue weighted by molar-refractivity contribution is 7.89. The van der Waals surface area contributed by atoms with Gasteiger partial charge >= 0.3 is 0 Å². The monoisotopic (exact) mass is 548 g/mol. The van der Waals surface area contributed by atoms with Gasteiger partial charge in [0, 0.05) is 44.8 Å². The van der Waals surface area contributed by atoms with Crippen LogP contribution in [0.3, 0.4) is 0 Å². The van der Waals surface area contributed by atoms with Gasteiger partial charge in [0.15, 0.2) is 0 Å². The van der Waals surface area contributed by atoms with Gasteiger partial charge < -0.3 is 15.0 Å². The average molecular weight is 549 g/mol. The first-order valence-corrected chi connectivity index (χ1v) is 15.5. The lowest BCUT2D eigenvalue weighted by atomic mass is 10.2. The van der Waals surface area contributed by atoms with E-state index in [1.54, 1.807) is 24.3 Å². The number of sulfonamides is 2. The molecule has 5 rings (SSSR count). The minimum absolute atomic E-state index is 0.0745. The molecule has 0 spiro atoms. The van der Waals surface area contributed by atoms with E-state index in [0.717, 1.165) is 44.5 Å². The minimum Gasteiger partial charge on any atom is -0.379 e. The molecule has 10 nitrogen and oxygen atoms in total. The summed E-state index contributed by atoms with van der Waals surface area (Å²) in [4.78, 5) is 15.6. The van der Waals surface area contributed by atoms with E-state index in [-0.39, 0.29) is 28.4 Å². The van der Waals surface area contributed by atoms with Gasteiger partial charge in [0.25, 0.3) is 5.91 Å². The highest BCUT2D eigenvalue weighted by Crippen LogP contribution is 2.33. The van der Waals surface area contributed by atoms with E-state index in [9.17, 15) is 21.6 Å². The number of carbonyl (C=O) groups excluding carboxylic acids is 1. The molecule has 3 fully saturated rings. The molecule has 3 aliphatic heterocycles. The number of amides is 1. The summed E-state index contributed by atoms with van der Waals surface area (Å²) in [7, 11) is -7.44. The van der Waals surface area contributed by atoms with Gasteiger partial charge in [-0.25, -0.2) is 16.8 Å². The first-order chi connectivity index (χ1) is 17.8. The number of hydrogen-bond acceptors (Lipinski definition) is 7. The van der Waals surface area contributed by atoms with Gasteiger partial charge in [0.1, 0.15) is 0 Å². The molecular weight excluding hydrogens is 516 g/mol. The molecule has 12 heteroatoms. The maximum atomic E-state index is 13.3. The first kappa shape index (κ1) is 26.1. The molecule has 0 unspecified atom stereocenters. The fraction of sp³-hybridized carbons (Fsp3) is 0.480. The third-order valence-corrected chi connectivity index (χ3v) is 10.9. The van der Waals surface area contributed by atoms with Gasteiger partial charge in [-0.2, -0.15) is 8.61 Å². The van der Waals surface area contributed by atoms with Gasteiger partial charge in [-0.15, -0.1) is 0 Å². The highest BCUT2D eigenvalue weighted by Gasteiger charge is 2.30. The smallest absolute Gasteiger partial charge is 0.255 e. The van der Waals surface area contributed by atoms with Crippen molar-refractivity contribution in [1.29, 1.82) is 0 Å². The molecule has 2 aromatic carbocycles. The second-order valence-electron chi connectivity index (χ2n) is 9.48. The normalized spacial score (nSPS) is 19.8. The van der Waals surface area contributed by atoms with Crippen LogP contribution in [0.4, 0.5) is 11.4 Å². The van der Waals surface area contributed by atoms with E-state index in [2.05, 4.69) is 10.2 Å². The van der Waals surface area contributed by atoms with Crippen LogP contribution in [0.5, 0.6) is 0 Å². The number of ether oxygens (including phenoxy) is 1. The van der Waals surface area contributed by atoms with Crippen LogP contribution in [0.2, 0.25) is 0 Å². The largest absolute Gasteiger partial charge is 0.379 e. The average Bonchev–Trinajstić information content (AvgIpc) is 3.65. The van der Waals surface area contributed by atoms with Crippen molar-refractivity contribution < 1.29 is 26.4 Å². The zero-order chi connectivity index (χ0) is 26.0. The number of rotatable bonds is 7. The Balaban J connectivity index is 1.45. The fourth-order valence-electron chi connectivity index (χ4n) is 5.02. The summed E-state index contributed by atoms with van der Waals surface area (Å²) in [6, 6.07) is 10.8. The molecule has 2 aromatic rings. The molecule has 0 bridgehead atoms. The van der Waals surface area contributed by atoms with Gasteiger partial charge in [-0.3, -0.25) is 4.79 Å². The van der Waals surface area contributed by atoms with Crippen LogP contribution in [0.25, 0.3) is 0 Å². The Hall–Kier alpha value is -2.51. The van der Waals surface area contributed by atoms with Gasteiger partial charge in [-0.05, 0) is 62.1 Å². The Morgan fingerprint density at radius 2 is 1.32 bits per heavy atom. The van der Waals surface area contributed by atoms with Gasteiger partial charge in [-0.1, -0.05) is 6.07 Å². The zero-order valence-electron chi connectivity index (χ0n) is 20.6. The Morgan fingerprint density at radius 1 is 0.730 bits per heavy atom. The molecule has 0 saturated carbocycles. The maximum absolute atomic E-state index is 13.3. The number of anilines is 2. The molecule has 0 radical (unpaired) electrons. The Labute approximate surface area is 218 Å². The van der Waals surface area contributed by atoms with Crippen molar-refractivity contribution in [2.45, 2.75) is 35.5 Å². The molecular formula is C25H32N4O6S2. The van der Waals surface area contributed by atoms with E-state index in [0.29, 0.717) is 32.0 Å². The third kappa shape index (κ3) is 5.39. The second kappa shape index (κ2) is 10.7. The summed E-state index contributed by atoms with van der Waals surface area (Å²) in [5.41, 5.74) is 1.32. The van der Waals surface area contributed by atoms with Crippen molar-refractivity contribution in [1.82, 2.24) is 8.61 Å². The topological polar surface area (TPSA) is 116 Å². The summed E-state index contributed by atoms with van der Waals surface area (Å²) in [6.45, 7) is 3.79. The van der Waals surface area contributed by atoms with Crippen molar-refractivity contribution in [3.63, 3.8) is 0 Å². The molecule has 3 aliphatic rings. The number of nitrogens with one attached hydrogen (secondary N) is 1. The third-order valence-electron chi connectivity index (χ3n) is 7.07. The molecule has 0 atom stereocenters. The predicted octanol–water partition coefficient (Wildman–Crippen LogP) is 2.34. The van der Waals surface area contributed by atoms with E-state index < -0.39 is 26.0 Å². The van der Waals surface area contributed by atoms with Crippen molar-refractivity contribution in [2.24, 2.45) is 0 Å². The predicted molar refractivity (Wildman–Crippen MR) is 140 cm³/mol. The van der Waals surface area contributed by atoms with Crippen molar-refractivity contribution in [2.75, 3.05) is 62.7 Å². The summed E-state index contributed by atoms with van der Waals surface area (Å²) in [6.07, 6.45) is 3.67. The number of morpholine rings is 1. The quantitative estimate of drug-likeness (QED) is 0.565. The van der Waals surface area contributed by atoms with Crippen LogP contribution in [0.1, 0.15) is 36.0 Å². The molecule has 0 aromatic heterocycles. The van der Waals surface area contributed by atoms with Crippen molar-refractivity contribution in [3.05, 3.63) is 48.0 Å². The highest BCUT2D eigenvalue weighted by atomic mass is 32.2. The lowest BCUT2D eigenvalue weighted by Gasteiger charge is -2.27. The Bertz CT molecular complexity index is 1360. The Morgan fingerprint density at radius 3 is 2.00 bits per heavy atom. The molecule has 200 valence electrons. The Kier molecular flexibility index (Phi) is 7.55. The maximum Gasteiger partial charge on any atom is 0.255 e. The van der Waals surface area contributed by atoms with E-state index >= 15 is 0 Å². The van der Waals surface area contributed by atoms with Crippen LogP contribution >= 0.6 is 0 Å². The van der Waals surface area contributed by atoms with Crippen LogP contribution in [0, 0.1) is 0 Å². The molecule has 1 N–H and O–H groups in total. The van der Waals surface area contributed by atoms with Gasteiger partial charge in [0.05, 0.1) is 34.4 Å². The fourth-order valence-corrected chi connectivity index (χ4v) is 8.01. The molecule has 0 aliphatic carbocycles. The van der Waals surface area contributed by atoms with Crippen molar-refractivity contribution in [3.8, 4) is 0 Å². The molecule has 1 amide bonds. The van der Waals surface area contributed by atoms with Crippen molar-refractivity contribution >= 4 is 37.3 Å². The van der Waals surface area contributed by atoms with Crippen LogP contribution in [-0.2, 0) is 24.8 Å². The number of nitrogens with zero attached hydrogens (tertiary/aromatic N) is 3. The first-order valence-electron chi connectivity index (χ1n) is 12.7. The lowest BCUT2D eigenvalue weighted by molar-refractivity contribution is 0.0730. The SMILES string of the molecule is O=C(Nc1cc(S(=O)(=O)N2CCOCC2)ccc1N1CCCC1)c1cccc(S(=O)(=O)N2CCCC2)c1. The number of hydrogen-bond donors (Lipinski definition) is 1. The number of carbonyl (C=O) groups is 1. The zero-order valence-corrected chi connectivity index (χ0v) is 22.3. The second-order valence-corrected chi connectivity index (χ2v) is 13.4.